The first kappa shape index (κ1) is 15.4. The molecule has 0 aliphatic rings. The zero-order valence-electron chi connectivity index (χ0n) is 12.6. The van der Waals surface area contributed by atoms with Crippen molar-refractivity contribution in [1.29, 1.82) is 0 Å². The molecule has 2 heterocycles. The molecule has 0 atom stereocenters. The number of aromatic nitrogens is 4. The van der Waals surface area contributed by atoms with Gasteiger partial charge in [0.25, 0.3) is 5.78 Å². The maximum absolute atomic E-state index is 11.8. The minimum absolute atomic E-state index is 0.395. The van der Waals surface area contributed by atoms with Gasteiger partial charge in [-0.05, 0) is 40.5 Å². The molecule has 23 heavy (non-hydrogen) atoms. The van der Waals surface area contributed by atoms with Gasteiger partial charge in [0.2, 0.25) is 0 Å². The molecule has 118 valence electrons. The van der Waals surface area contributed by atoms with Crippen molar-refractivity contribution < 1.29 is 9.53 Å². The first-order valence-corrected chi connectivity index (χ1v) is 7.62. The molecule has 0 saturated heterocycles. The summed E-state index contributed by atoms with van der Waals surface area (Å²) in [5, 5.41) is 4.07. The highest BCUT2D eigenvalue weighted by atomic mass is 79.9. The number of ether oxygens (including phenoxy) is 1. The van der Waals surface area contributed by atoms with Crippen molar-refractivity contribution in [1.82, 2.24) is 19.6 Å². The van der Waals surface area contributed by atoms with Gasteiger partial charge in [-0.1, -0.05) is 6.07 Å². The van der Waals surface area contributed by atoms with Crippen LogP contribution in [0.15, 0.2) is 29.0 Å². The maximum Gasteiger partial charge on any atom is 0.339 e. The van der Waals surface area contributed by atoms with E-state index in [9.17, 15) is 4.79 Å². The Kier molecular flexibility index (Phi) is 3.99. The van der Waals surface area contributed by atoms with Crippen molar-refractivity contribution in [3.8, 4) is 0 Å². The molecular formula is C15H14BrN5O2. The monoisotopic (exact) mass is 375 g/mol. The van der Waals surface area contributed by atoms with E-state index in [1.54, 1.807) is 6.07 Å². The van der Waals surface area contributed by atoms with Crippen LogP contribution in [0, 0.1) is 6.92 Å². The first-order valence-electron chi connectivity index (χ1n) is 6.82. The van der Waals surface area contributed by atoms with E-state index >= 15 is 0 Å². The van der Waals surface area contributed by atoms with Gasteiger partial charge in [0.05, 0.1) is 12.7 Å². The lowest BCUT2D eigenvalue weighted by Gasteiger charge is -2.11. The number of carbonyl (C=O) groups is 1. The number of hydrogen-bond donors (Lipinski definition) is 1. The number of benzene rings is 1. The molecule has 2 N–H and O–H groups in total. The van der Waals surface area contributed by atoms with Gasteiger partial charge in [-0.2, -0.15) is 14.6 Å². The molecule has 0 spiro atoms. The molecule has 0 unspecified atom stereocenters. The Bertz CT molecular complexity index is 906. The van der Waals surface area contributed by atoms with Gasteiger partial charge in [-0.15, -0.1) is 0 Å². The lowest BCUT2D eigenvalue weighted by Crippen LogP contribution is -2.09. The molecule has 3 rings (SSSR count). The zero-order chi connectivity index (χ0) is 16.6. The average molecular weight is 376 g/mol. The summed E-state index contributed by atoms with van der Waals surface area (Å²) in [5.41, 5.74) is 9.21. The fourth-order valence-corrected chi connectivity index (χ4v) is 2.79. The number of aryl methyl sites for hydroxylation is 1. The van der Waals surface area contributed by atoms with Crippen LogP contribution in [0.4, 0.5) is 5.82 Å². The molecule has 0 amide bonds. The van der Waals surface area contributed by atoms with Gasteiger partial charge in [-0.3, -0.25) is 0 Å². The summed E-state index contributed by atoms with van der Waals surface area (Å²) in [7, 11) is 1.35. The molecule has 1 aromatic carbocycles. The third-order valence-corrected chi connectivity index (χ3v) is 4.28. The Morgan fingerprint density at radius 1 is 1.43 bits per heavy atom. The molecule has 0 radical (unpaired) electrons. The highest BCUT2D eigenvalue weighted by Gasteiger charge is 2.15. The van der Waals surface area contributed by atoms with Crippen molar-refractivity contribution in [2.75, 3.05) is 12.8 Å². The summed E-state index contributed by atoms with van der Waals surface area (Å²) < 4.78 is 6.97. The highest BCUT2D eigenvalue weighted by Crippen LogP contribution is 2.24. The van der Waals surface area contributed by atoms with Crippen molar-refractivity contribution in [2.24, 2.45) is 0 Å². The number of hydrogen-bond acceptors (Lipinski definition) is 6. The molecule has 0 bridgehead atoms. The van der Waals surface area contributed by atoms with Crippen LogP contribution >= 0.6 is 15.9 Å². The number of carbonyl (C=O) groups excluding carboxylic acids is 1. The van der Waals surface area contributed by atoms with Gasteiger partial charge >= 0.3 is 5.97 Å². The average Bonchev–Trinajstić information content (AvgIpc) is 3.00. The number of fused-ring (bicyclic) bond motifs is 1. The molecule has 0 fully saturated rings. The summed E-state index contributed by atoms with van der Waals surface area (Å²) in [5.74, 6) is 0.565. The molecular weight excluding hydrogens is 362 g/mol. The minimum Gasteiger partial charge on any atom is -0.465 e. The van der Waals surface area contributed by atoms with Crippen molar-refractivity contribution in [2.45, 2.75) is 13.3 Å². The second kappa shape index (κ2) is 5.96. The van der Waals surface area contributed by atoms with E-state index in [1.807, 2.05) is 19.1 Å². The quantitative estimate of drug-likeness (QED) is 0.704. The zero-order valence-corrected chi connectivity index (χ0v) is 14.2. The normalized spacial score (nSPS) is 10.9. The predicted molar refractivity (Wildman–Crippen MR) is 88.2 cm³/mol. The third kappa shape index (κ3) is 2.77. The first-order chi connectivity index (χ1) is 11.0. The van der Waals surface area contributed by atoms with Crippen molar-refractivity contribution >= 4 is 33.5 Å². The van der Waals surface area contributed by atoms with Crippen molar-refractivity contribution in [3.63, 3.8) is 0 Å². The van der Waals surface area contributed by atoms with E-state index in [-0.39, 0.29) is 0 Å². The second-order valence-electron chi connectivity index (χ2n) is 5.02. The largest absolute Gasteiger partial charge is 0.465 e. The number of nitrogen functional groups attached to an aromatic ring is 1. The molecule has 7 nitrogen and oxygen atoms in total. The Labute approximate surface area is 140 Å². The summed E-state index contributed by atoms with van der Waals surface area (Å²) in [6, 6.07) is 5.51. The Morgan fingerprint density at radius 2 is 2.22 bits per heavy atom. The summed E-state index contributed by atoms with van der Waals surface area (Å²) in [6.45, 7) is 1.88. The SMILES string of the molecule is COC(=O)c1cc(Cc2c(C)nc3ncnn3c2N)ccc1Br. The van der Waals surface area contributed by atoms with E-state index in [0.29, 0.717) is 28.1 Å². The van der Waals surface area contributed by atoms with Gasteiger partial charge in [0.1, 0.15) is 12.1 Å². The number of anilines is 1. The number of halogens is 1. The van der Waals surface area contributed by atoms with Crippen LogP contribution in [-0.4, -0.2) is 32.7 Å². The lowest BCUT2D eigenvalue weighted by atomic mass is 10.0. The molecule has 0 saturated carbocycles. The number of rotatable bonds is 3. The Morgan fingerprint density at radius 3 is 2.96 bits per heavy atom. The van der Waals surface area contributed by atoms with Gasteiger partial charge < -0.3 is 10.5 Å². The van der Waals surface area contributed by atoms with E-state index in [4.69, 9.17) is 10.5 Å². The van der Waals surface area contributed by atoms with E-state index in [1.165, 1.54) is 18.0 Å². The fourth-order valence-electron chi connectivity index (χ4n) is 2.38. The van der Waals surface area contributed by atoms with E-state index in [2.05, 4.69) is 31.0 Å². The van der Waals surface area contributed by atoms with Gasteiger partial charge in [0.15, 0.2) is 0 Å². The van der Waals surface area contributed by atoms with Crippen LogP contribution < -0.4 is 5.73 Å². The minimum atomic E-state index is -0.395. The standard InChI is InChI=1S/C15H14BrN5O2/c1-8-10(13(17)21-15(20-8)18-7-19-21)5-9-3-4-12(16)11(6-9)14(22)23-2/h3-4,6-7H,5,17H2,1-2H3. The van der Waals surface area contributed by atoms with Gasteiger partial charge in [-0.25, -0.2) is 9.78 Å². The lowest BCUT2D eigenvalue weighted by molar-refractivity contribution is 0.0599. The summed E-state index contributed by atoms with van der Waals surface area (Å²) in [6.07, 6.45) is 1.94. The molecule has 2 aromatic heterocycles. The van der Waals surface area contributed by atoms with Crippen LogP contribution in [0.1, 0.15) is 27.2 Å². The van der Waals surface area contributed by atoms with Crippen LogP contribution in [0.2, 0.25) is 0 Å². The number of nitrogens with zero attached hydrogens (tertiary/aromatic N) is 4. The highest BCUT2D eigenvalue weighted by molar-refractivity contribution is 9.10. The van der Waals surface area contributed by atoms with E-state index in [0.717, 1.165) is 16.8 Å². The fraction of sp³-hybridized carbons (Fsp3) is 0.200. The third-order valence-electron chi connectivity index (χ3n) is 3.59. The Hall–Kier alpha value is -2.48. The summed E-state index contributed by atoms with van der Waals surface area (Å²) >= 11 is 3.35. The molecule has 3 aromatic rings. The van der Waals surface area contributed by atoms with Gasteiger partial charge in [0, 0.05) is 22.2 Å². The summed E-state index contributed by atoms with van der Waals surface area (Å²) in [4.78, 5) is 20.2. The number of esters is 1. The van der Waals surface area contributed by atoms with Crippen LogP contribution in [-0.2, 0) is 11.2 Å². The van der Waals surface area contributed by atoms with E-state index < -0.39 is 5.97 Å². The number of methoxy groups -OCH3 is 1. The number of nitrogens with two attached hydrogens (primary N) is 1. The van der Waals surface area contributed by atoms with Crippen molar-refractivity contribution in [3.05, 3.63) is 51.4 Å². The Balaban J connectivity index is 2.04. The van der Waals surface area contributed by atoms with Crippen LogP contribution in [0.3, 0.4) is 0 Å². The molecule has 0 aliphatic heterocycles. The molecule has 0 aliphatic carbocycles. The second-order valence-corrected chi connectivity index (χ2v) is 5.87. The maximum atomic E-state index is 11.8. The molecule has 8 heteroatoms. The predicted octanol–water partition coefficient (Wildman–Crippen LogP) is 2.15. The van der Waals surface area contributed by atoms with Crippen LogP contribution in [0.25, 0.3) is 5.78 Å². The topological polar surface area (TPSA) is 95.4 Å². The van der Waals surface area contributed by atoms with Crippen LogP contribution in [0.5, 0.6) is 0 Å². The smallest absolute Gasteiger partial charge is 0.339 e.